The predicted octanol–water partition coefficient (Wildman–Crippen LogP) is 17.9. The first kappa shape index (κ1) is 33.9. The van der Waals surface area contributed by atoms with Gasteiger partial charge >= 0.3 is 0 Å². The summed E-state index contributed by atoms with van der Waals surface area (Å²) < 4.78 is 0. The maximum atomic E-state index is 2.54. The van der Waals surface area contributed by atoms with Gasteiger partial charge in [-0.25, -0.2) is 0 Å². The number of benzene rings is 12. The van der Waals surface area contributed by atoms with Crippen LogP contribution in [0.5, 0.6) is 0 Å². The lowest BCUT2D eigenvalue weighted by molar-refractivity contribution is 1.16. The molecule has 15 rings (SSSR count). The Bertz CT molecular complexity index is 4170. The summed E-state index contributed by atoms with van der Waals surface area (Å²) in [6.45, 7) is 18.8. The van der Waals surface area contributed by atoms with E-state index in [1.807, 2.05) is 0 Å². The number of rotatable bonds is 2. The highest BCUT2D eigenvalue weighted by atomic mass is 14.4. The second-order valence-corrected chi connectivity index (χ2v) is 19.2. The van der Waals surface area contributed by atoms with Gasteiger partial charge in [0, 0.05) is 0 Å². The van der Waals surface area contributed by atoms with Crippen LogP contribution in [0, 0.1) is 41.5 Å². The third-order valence-corrected chi connectivity index (χ3v) is 16.9. The fourth-order valence-electron chi connectivity index (χ4n) is 14.2. The van der Waals surface area contributed by atoms with Gasteiger partial charge in [0.15, 0.2) is 0 Å². The van der Waals surface area contributed by atoms with Gasteiger partial charge in [0.1, 0.15) is 0 Å². The second kappa shape index (κ2) is 10.8. The van der Waals surface area contributed by atoms with E-state index in [1.54, 1.807) is 0 Å². The Kier molecular flexibility index (Phi) is 5.91. The highest BCUT2D eigenvalue weighted by molar-refractivity contribution is 6.48. The molecule has 0 fully saturated rings. The Balaban J connectivity index is 1.11. The van der Waals surface area contributed by atoms with E-state index in [1.165, 1.54) is 196 Å². The number of hydrogen-bond donors (Lipinski definition) is 0. The van der Waals surface area contributed by atoms with Crippen molar-refractivity contribution in [2.75, 3.05) is 0 Å². The first-order valence-corrected chi connectivity index (χ1v) is 22.9. The SMILES string of the molecule is CCc1c2c3cccc4cccc(c2c(CC)c2c5ccc6c7ccc8c9cc(C)c%10c%11c(c(C)cc(c%12ccc(c%13ccc(c12)c5c%136)c7c%128)c%119)-c1c(C)c(C)c(C)c(C)c1-%10)c43. The molecule has 1 aliphatic rings. The summed E-state index contributed by atoms with van der Waals surface area (Å²) in [6.07, 6.45) is 2.00. The quantitative estimate of drug-likeness (QED) is 0.121. The molecule has 62 heavy (non-hydrogen) atoms. The van der Waals surface area contributed by atoms with Crippen LogP contribution in [0.4, 0.5) is 0 Å². The molecule has 0 aliphatic heterocycles. The molecule has 0 heterocycles. The van der Waals surface area contributed by atoms with Crippen LogP contribution in [0.25, 0.3) is 152 Å². The zero-order chi connectivity index (χ0) is 41.5. The molecule has 0 unspecified atom stereocenters. The van der Waals surface area contributed by atoms with E-state index in [9.17, 15) is 0 Å². The van der Waals surface area contributed by atoms with E-state index < -0.39 is 0 Å². The normalized spacial score (nSPS) is 13.3. The van der Waals surface area contributed by atoms with Crippen molar-refractivity contribution < 1.29 is 0 Å². The fourth-order valence-corrected chi connectivity index (χ4v) is 14.2. The Morgan fingerprint density at radius 2 is 0.597 bits per heavy atom. The molecular weight excluding hydrogens is 745 g/mol. The number of aryl methyl sites for hydroxylation is 4. The molecule has 0 radical (unpaired) electrons. The summed E-state index contributed by atoms with van der Waals surface area (Å²) in [5, 5.41) is 34.0. The van der Waals surface area contributed by atoms with Gasteiger partial charge in [-0.2, -0.15) is 0 Å². The summed E-state index contributed by atoms with van der Waals surface area (Å²) in [6, 6.07) is 38.8. The van der Waals surface area contributed by atoms with Crippen LogP contribution < -0.4 is 0 Å². The molecule has 14 aromatic carbocycles. The summed E-state index contributed by atoms with van der Waals surface area (Å²) in [4.78, 5) is 0. The van der Waals surface area contributed by atoms with E-state index in [4.69, 9.17) is 0 Å². The van der Waals surface area contributed by atoms with Crippen molar-refractivity contribution in [1.29, 1.82) is 0 Å². The van der Waals surface area contributed by atoms with Crippen molar-refractivity contribution in [3.8, 4) is 22.3 Å². The van der Waals surface area contributed by atoms with Crippen molar-refractivity contribution in [1.82, 2.24) is 0 Å². The minimum Gasteiger partial charge on any atom is -0.0612 e. The molecule has 0 atom stereocenters. The molecule has 292 valence electrons. The number of hydrogen-bond acceptors (Lipinski definition) is 0. The standard InChI is InChI=1S/C62H44/c1-9-34-53-42-15-11-13-33-14-12-16-43(52(33)42)54(53)35(10-2)56-45-24-22-39-37-18-20-41-47-26-28(4)49-51-32(8)30(6)29(5)31(7)50(51)48-27(3)25-46(61(47)62(48)49)40-19-17-36(57(37)59(40)41)38-21-23-44(55(34)56)60(45)58(38)39/h11-26H,9-10H2,1-8H3. The minimum absolute atomic E-state index is 0.998. The minimum atomic E-state index is 0.998. The number of fused-ring (bicyclic) bond motifs is 13. The maximum Gasteiger partial charge on any atom is -0.000833 e. The third kappa shape index (κ3) is 3.45. The largest absolute Gasteiger partial charge is 0.0612 e. The molecule has 0 spiro atoms. The maximum absolute atomic E-state index is 2.54. The Morgan fingerprint density at radius 3 is 0.984 bits per heavy atom. The first-order valence-electron chi connectivity index (χ1n) is 22.9. The van der Waals surface area contributed by atoms with E-state index in [0.717, 1.165) is 12.8 Å². The molecule has 0 N–H and O–H groups in total. The summed E-state index contributed by atoms with van der Waals surface area (Å²) in [7, 11) is 0. The molecule has 0 amide bonds. The molecule has 0 heteroatoms. The molecule has 14 aromatic rings. The van der Waals surface area contributed by atoms with Crippen molar-refractivity contribution in [3.63, 3.8) is 0 Å². The van der Waals surface area contributed by atoms with Crippen LogP contribution in [0.2, 0.25) is 0 Å². The fraction of sp³-hybridized carbons (Fsp3) is 0.161. The summed E-state index contributed by atoms with van der Waals surface area (Å²) >= 11 is 0. The lowest BCUT2D eigenvalue weighted by Gasteiger charge is -2.21. The lowest BCUT2D eigenvalue weighted by atomic mass is 9.82. The van der Waals surface area contributed by atoms with Crippen LogP contribution in [0.1, 0.15) is 58.4 Å². The third-order valence-electron chi connectivity index (χ3n) is 16.9. The molecular formula is C62H44. The predicted molar refractivity (Wildman–Crippen MR) is 273 cm³/mol. The van der Waals surface area contributed by atoms with Crippen LogP contribution >= 0.6 is 0 Å². The Labute approximate surface area is 359 Å². The topological polar surface area (TPSA) is 0 Å². The van der Waals surface area contributed by atoms with Crippen LogP contribution in [-0.2, 0) is 12.8 Å². The summed E-state index contributed by atoms with van der Waals surface area (Å²) in [5.74, 6) is 0. The van der Waals surface area contributed by atoms with Gasteiger partial charge in [-0.15, -0.1) is 0 Å². The smallest absolute Gasteiger partial charge is 0.000833 e. The van der Waals surface area contributed by atoms with Gasteiger partial charge in [0.05, 0.1) is 0 Å². The molecule has 0 nitrogen and oxygen atoms in total. The van der Waals surface area contributed by atoms with Gasteiger partial charge in [-0.3, -0.25) is 0 Å². The average Bonchev–Trinajstić information content (AvgIpc) is 3.95. The van der Waals surface area contributed by atoms with Crippen molar-refractivity contribution >= 4 is 129 Å². The van der Waals surface area contributed by atoms with Gasteiger partial charge in [0.25, 0.3) is 0 Å². The van der Waals surface area contributed by atoms with Crippen molar-refractivity contribution in [2.24, 2.45) is 0 Å². The van der Waals surface area contributed by atoms with Crippen LogP contribution in [0.3, 0.4) is 0 Å². The highest BCUT2D eigenvalue weighted by Crippen LogP contribution is 2.59. The van der Waals surface area contributed by atoms with Crippen LogP contribution in [-0.4, -0.2) is 0 Å². The molecule has 1 aliphatic carbocycles. The lowest BCUT2D eigenvalue weighted by Crippen LogP contribution is -1.97. The molecule has 0 bridgehead atoms. The van der Waals surface area contributed by atoms with E-state index in [0.29, 0.717) is 0 Å². The Morgan fingerprint density at radius 1 is 0.274 bits per heavy atom. The van der Waals surface area contributed by atoms with Crippen molar-refractivity contribution in [3.05, 3.63) is 142 Å². The van der Waals surface area contributed by atoms with Crippen LogP contribution in [0.15, 0.2) is 97.1 Å². The summed E-state index contributed by atoms with van der Waals surface area (Å²) in [5.41, 5.74) is 17.4. The van der Waals surface area contributed by atoms with Gasteiger partial charge in [0.2, 0.25) is 0 Å². The monoisotopic (exact) mass is 788 g/mol. The van der Waals surface area contributed by atoms with E-state index in [-0.39, 0.29) is 0 Å². The molecule has 0 saturated carbocycles. The molecule has 0 saturated heterocycles. The zero-order valence-electron chi connectivity index (χ0n) is 36.7. The van der Waals surface area contributed by atoms with E-state index in [2.05, 4.69) is 152 Å². The first-order chi connectivity index (χ1) is 30.2. The van der Waals surface area contributed by atoms with E-state index >= 15 is 0 Å². The second-order valence-electron chi connectivity index (χ2n) is 19.2. The Hall–Kier alpha value is -6.76. The zero-order valence-corrected chi connectivity index (χ0v) is 36.7. The van der Waals surface area contributed by atoms with Gasteiger partial charge in [-0.05, 0) is 250 Å². The van der Waals surface area contributed by atoms with Gasteiger partial charge < -0.3 is 0 Å². The molecule has 0 aromatic heterocycles. The van der Waals surface area contributed by atoms with Gasteiger partial charge in [-0.1, -0.05) is 111 Å². The highest BCUT2D eigenvalue weighted by Gasteiger charge is 2.33. The average molecular weight is 789 g/mol. The van der Waals surface area contributed by atoms with Crippen molar-refractivity contribution in [2.45, 2.75) is 68.2 Å².